The Balaban J connectivity index is 1.42. The predicted octanol–water partition coefficient (Wildman–Crippen LogP) is 7.06. The van der Waals surface area contributed by atoms with E-state index in [0.29, 0.717) is 23.4 Å². The molecule has 2 amide bonds. The number of phenols is 1. The first-order valence-corrected chi connectivity index (χ1v) is 14.8. The van der Waals surface area contributed by atoms with Crippen molar-refractivity contribution in [1.82, 2.24) is 20.0 Å². The highest BCUT2D eigenvalue weighted by Crippen LogP contribution is 2.38. The van der Waals surface area contributed by atoms with Crippen molar-refractivity contribution in [2.24, 2.45) is 0 Å². The van der Waals surface area contributed by atoms with Crippen LogP contribution in [0.4, 0.5) is 23.7 Å². The summed E-state index contributed by atoms with van der Waals surface area (Å²) in [5.74, 6) is -0.633. The Bertz CT molecular complexity index is 1710. The Labute approximate surface area is 265 Å². The molecule has 1 saturated carbocycles. The number of aromatic nitrogens is 2. The number of nitrogens with zero attached hydrogens (tertiary/aromatic N) is 3. The Morgan fingerprint density at radius 2 is 1.70 bits per heavy atom. The summed E-state index contributed by atoms with van der Waals surface area (Å²) in [6.07, 6.45) is -3.31. The standard InChI is InChI=1S/C34H36F3N5O4/c1-33(2,3)46-32(45)38-20-21-7-5-10-26(17-21)42-28(19-29(40-42)34(35,36)37)31(44)39-24-9-6-8-23(18-24)30(41(4)25-13-14-25)22-11-15-27(43)16-12-22/h5-12,15-19,25,30,43H,13-14,20H2,1-4H3,(H,38,45)(H,39,44). The summed E-state index contributed by atoms with van der Waals surface area (Å²) in [5.41, 5.74) is 0.741. The van der Waals surface area contributed by atoms with Crippen molar-refractivity contribution in [3.8, 4) is 11.4 Å². The molecule has 242 valence electrons. The number of nitrogens with one attached hydrogen (secondary N) is 2. The van der Waals surface area contributed by atoms with E-state index >= 15 is 0 Å². The lowest BCUT2D eigenvalue weighted by Crippen LogP contribution is -2.32. The van der Waals surface area contributed by atoms with Gasteiger partial charge in [0, 0.05) is 24.3 Å². The number of phenolic OH excluding ortho intramolecular Hbond substituents is 1. The van der Waals surface area contributed by atoms with Crippen LogP contribution in [0.15, 0.2) is 78.9 Å². The van der Waals surface area contributed by atoms with Gasteiger partial charge in [-0.15, -0.1) is 0 Å². The van der Waals surface area contributed by atoms with Crippen LogP contribution in [0.25, 0.3) is 5.69 Å². The maximum atomic E-state index is 13.8. The molecule has 4 aromatic rings. The lowest BCUT2D eigenvalue weighted by molar-refractivity contribution is -0.141. The van der Waals surface area contributed by atoms with Crippen LogP contribution in [0.2, 0.25) is 0 Å². The van der Waals surface area contributed by atoms with Gasteiger partial charge in [-0.2, -0.15) is 18.3 Å². The Morgan fingerprint density at radius 3 is 2.35 bits per heavy atom. The normalized spacial score (nSPS) is 14.2. The van der Waals surface area contributed by atoms with Crippen molar-refractivity contribution in [3.05, 3.63) is 107 Å². The molecule has 1 fully saturated rings. The molecule has 0 spiro atoms. The van der Waals surface area contributed by atoms with Crippen LogP contribution in [0.3, 0.4) is 0 Å². The van der Waals surface area contributed by atoms with Gasteiger partial charge in [-0.1, -0.05) is 36.4 Å². The SMILES string of the molecule is CN(C1CC1)C(c1ccc(O)cc1)c1cccc(NC(=O)c2cc(C(F)(F)F)nn2-c2cccc(CNC(=O)OC(C)(C)C)c2)c1. The molecule has 1 atom stereocenters. The van der Waals surface area contributed by atoms with Gasteiger partial charge in [-0.25, -0.2) is 9.48 Å². The van der Waals surface area contributed by atoms with Crippen molar-refractivity contribution < 1.29 is 32.6 Å². The average Bonchev–Trinajstić information content (AvgIpc) is 3.73. The van der Waals surface area contributed by atoms with Crippen LogP contribution in [0.1, 0.15) is 72.5 Å². The molecule has 46 heavy (non-hydrogen) atoms. The minimum Gasteiger partial charge on any atom is -0.508 e. The lowest BCUT2D eigenvalue weighted by Gasteiger charge is -2.29. The Hall–Kier alpha value is -4.84. The van der Waals surface area contributed by atoms with Crippen LogP contribution in [0.5, 0.6) is 5.75 Å². The summed E-state index contributed by atoms with van der Waals surface area (Å²) in [4.78, 5) is 27.9. The molecular weight excluding hydrogens is 599 g/mol. The van der Waals surface area contributed by atoms with Gasteiger partial charge >= 0.3 is 12.3 Å². The Kier molecular flexibility index (Phi) is 9.11. The fraction of sp³-hybridized carbons (Fsp3) is 0.324. The van der Waals surface area contributed by atoms with Gasteiger partial charge in [0.25, 0.3) is 5.91 Å². The molecule has 1 aliphatic carbocycles. The third kappa shape index (κ3) is 8.05. The molecule has 3 N–H and O–H groups in total. The van der Waals surface area contributed by atoms with E-state index in [1.54, 1.807) is 63.2 Å². The largest absolute Gasteiger partial charge is 0.508 e. The third-order valence-electron chi connectivity index (χ3n) is 7.42. The number of carbonyl (C=O) groups is 2. The van der Waals surface area contributed by atoms with Crippen LogP contribution >= 0.6 is 0 Å². The number of amides is 2. The second-order valence-corrected chi connectivity index (χ2v) is 12.3. The van der Waals surface area contributed by atoms with E-state index in [9.17, 15) is 27.9 Å². The summed E-state index contributed by atoms with van der Waals surface area (Å²) in [7, 11) is 2.02. The highest BCUT2D eigenvalue weighted by Gasteiger charge is 2.36. The smallest absolute Gasteiger partial charge is 0.435 e. The summed E-state index contributed by atoms with van der Waals surface area (Å²) in [6.45, 7) is 5.23. The van der Waals surface area contributed by atoms with Crippen molar-refractivity contribution in [2.45, 2.75) is 64.0 Å². The summed E-state index contributed by atoms with van der Waals surface area (Å²) < 4.78 is 47.6. The zero-order valence-electron chi connectivity index (χ0n) is 25.9. The summed E-state index contributed by atoms with van der Waals surface area (Å²) in [5, 5.41) is 18.9. The number of alkyl carbamates (subject to hydrolysis) is 1. The van der Waals surface area contributed by atoms with E-state index in [2.05, 4.69) is 20.6 Å². The fourth-order valence-electron chi connectivity index (χ4n) is 5.16. The van der Waals surface area contributed by atoms with Crippen molar-refractivity contribution in [2.75, 3.05) is 12.4 Å². The molecule has 1 aromatic heterocycles. The monoisotopic (exact) mass is 635 g/mol. The first-order chi connectivity index (χ1) is 21.7. The number of anilines is 1. The molecule has 1 heterocycles. The molecule has 1 aliphatic rings. The number of alkyl halides is 3. The van der Waals surface area contributed by atoms with Crippen LogP contribution in [0, 0.1) is 0 Å². The van der Waals surface area contributed by atoms with E-state index in [1.807, 2.05) is 25.2 Å². The molecule has 0 saturated heterocycles. The predicted molar refractivity (Wildman–Crippen MR) is 167 cm³/mol. The third-order valence-corrected chi connectivity index (χ3v) is 7.42. The minimum atomic E-state index is -4.79. The molecule has 9 nitrogen and oxygen atoms in total. The number of hydrogen-bond acceptors (Lipinski definition) is 6. The molecule has 5 rings (SSSR count). The van der Waals surface area contributed by atoms with Gasteiger partial charge in [0.2, 0.25) is 0 Å². The van der Waals surface area contributed by atoms with Crippen molar-refractivity contribution >= 4 is 17.7 Å². The van der Waals surface area contributed by atoms with E-state index < -0.39 is 29.5 Å². The highest BCUT2D eigenvalue weighted by molar-refractivity contribution is 6.03. The molecular formula is C34H36F3N5O4. The summed E-state index contributed by atoms with van der Waals surface area (Å²) in [6, 6.07) is 21.4. The number of aromatic hydroxyl groups is 1. The van der Waals surface area contributed by atoms with Gasteiger partial charge in [0.1, 0.15) is 17.0 Å². The second kappa shape index (κ2) is 12.9. The zero-order valence-corrected chi connectivity index (χ0v) is 25.9. The molecule has 12 heteroatoms. The van der Waals surface area contributed by atoms with Crippen molar-refractivity contribution in [1.29, 1.82) is 0 Å². The van der Waals surface area contributed by atoms with Crippen LogP contribution in [-0.4, -0.2) is 50.5 Å². The molecule has 0 aliphatic heterocycles. The van der Waals surface area contributed by atoms with Gasteiger partial charge in [-0.05, 0) is 93.7 Å². The Morgan fingerprint density at radius 1 is 1.00 bits per heavy atom. The average molecular weight is 636 g/mol. The maximum Gasteiger partial charge on any atom is 0.435 e. The quantitative estimate of drug-likeness (QED) is 0.182. The molecule has 3 aromatic carbocycles. The molecule has 0 bridgehead atoms. The van der Waals surface area contributed by atoms with Gasteiger partial charge in [0.05, 0.1) is 11.7 Å². The van der Waals surface area contributed by atoms with Crippen molar-refractivity contribution in [3.63, 3.8) is 0 Å². The van der Waals surface area contributed by atoms with Crippen LogP contribution in [-0.2, 0) is 17.5 Å². The lowest BCUT2D eigenvalue weighted by atomic mass is 9.96. The number of ether oxygens (including phenoxy) is 1. The second-order valence-electron chi connectivity index (χ2n) is 12.3. The first-order valence-electron chi connectivity index (χ1n) is 14.8. The topological polar surface area (TPSA) is 109 Å². The van der Waals surface area contributed by atoms with Crippen LogP contribution < -0.4 is 10.6 Å². The van der Waals surface area contributed by atoms with E-state index in [1.165, 1.54) is 12.1 Å². The number of carbonyl (C=O) groups excluding carboxylic acids is 2. The van der Waals surface area contributed by atoms with E-state index in [4.69, 9.17) is 4.74 Å². The number of rotatable bonds is 9. The number of benzene rings is 3. The zero-order chi connectivity index (χ0) is 33.2. The van der Waals surface area contributed by atoms with E-state index in [-0.39, 0.29) is 29.7 Å². The molecule has 1 unspecified atom stereocenters. The summed E-state index contributed by atoms with van der Waals surface area (Å²) >= 11 is 0. The minimum absolute atomic E-state index is 0.0436. The molecule has 0 radical (unpaired) electrons. The number of hydrogen-bond donors (Lipinski definition) is 3. The van der Waals surface area contributed by atoms with Gasteiger partial charge < -0.3 is 20.5 Å². The van der Waals surface area contributed by atoms with Gasteiger partial charge in [0.15, 0.2) is 5.69 Å². The van der Waals surface area contributed by atoms with E-state index in [0.717, 1.165) is 28.7 Å². The number of halogens is 3. The fourth-order valence-corrected chi connectivity index (χ4v) is 5.16. The first kappa shape index (κ1) is 32.6. The highest BCUT2D eigenvalue weighted by atomic mass is 19.4. The van der Waals surface area contributed by atoms with Gasteiger partial charge in [-0.3, -0.25) is 9.69 Å². The maximum absolute atomic E-state index is 13.8.